The summed E-state index contributed by atoms with van der Waals surface area (Å²) in [5.74, 6) is 0.228. The number of amides is 2. The molecule has 142 valence electrons. The van der Waals surface area contributed by atoms with Crippen LogP contribution < -0.4 is 0 Å². The number of para-hydroxylation sites is 1. The van der Waals surface area contributed by atoms with Gasteiger partial charge in [-0.2, -0.15) is 5.10 Å². The third kappa shape index (κ3) is 3.13. The average molecular weight is 366 g/mol. The summed E-state index contributed by atoms with van der Waals surface area (Å²) in [5.41, 5.74) is 3.87. The molecule has 6 nitrogen and oxygen atoms in total. The Kier molecular flexibility index (Phi) is 4.50. The van der Waals surface area contributed by atoms with Crippen LogP contribution in [0.15, 0.2) is 30.3 Å². The van der Waals surface area contributed by atoms with E-state index in [2.05, 4.69) is 5.10 Å². The van der Waals surface area contributed by atoms with Crippen molar-refractivity contribution in [1.82, 2.24) is 19.6 Å². The summed E-state index contributed by atoms with van der Waals surface area (Å²) in [4.78, 5) is 29.2. The third-order valence-electron chi connectivity index (χ3n) is 6.09. The van der Waals surface area contributed by atoms with Gasteiger partial charge >= 0.3 is 0 Å². The van der Waals surface area contributed by atoms with Gasteiger partial charge in [0, 0.05) is 37.4 Å². The Morgan fingerprint density at radius 2 is 1.89 bits per heavy atom. The number of carbonyl (C=O) groups is 2. The number of carbonyl (C=O) groups excluding carboxylic acids is 2. The standard InChI is InChI=1S/C21H26N4O2/c1-14-19(15(2)25(22-14)17-7-5-4-6-8-17)11-20(26)24-12-16-9-10-18(13-24)23(3)21(16)27/h4-8,16,18H,9-13H2,1-3H3. The molecule has 2 atom stereocenters. The van der Waals surface area contributed by atoms with Crippen LogP contribution in [-0.4, -0.2) is 57.6 Å². The number of aryl methyl sites for hydroxylation is 1. The highest BCUT2D eigenvalue weighted by Gasteiger charge is 2.40. The van der Waals surface area contributed by atoms with Gasteiger partial charge in [0.2, 0.25) is 11.8 Å². The lowest BCUT2D eigenvalue weighted by Gasteiger charge is -2.32. The zero-order valence-electron chi connectivity index (χ0n) is 16.2. The fraction of sp³-hybridized carbons (Fsp3) is 0.476. The van der Waals surface area contributed by atoms with Crippen LogP contribution in [0.2, 0.25) is 0 Å². The maximum Gasteiger partial charge on any atom is 0.227 e. The van der Waals surface area contributed by atoms with Gasteiger partial charge < -0.3 is 9.80 Å². The molecule has 0 radical (unpaired) electrons. The predicted octanol–water partition coefficient (Wildman–Crippen LogP) is 2.11. The second kappa shape index (κ2) is 6.83. The molecule has 0 aliphatic carbocycles. The van der Waals surface area contributed by atoms with Gasteiger partial charge in [-0.15, -0.1) is 0 Å². The number of likely N-dealkylation sites (N-methyl/N-ethyl adjacent to an activating group) is 1. The molecular formula is C21H26N4O2. The first-order valence-electron chi connectivity index (χ1n) is 9.60. The van der Waals surface area contributed by atoms with Gasteiger partial charge in [0.15, 0.2) is 0 Å². The van der Waals surface area contributed by atoms with Crippen LogP contribution in [0.5, 0.6) is 0 Å². The second-order valence-corrected chi connectivity index (χ2v) is 7.75. The topological polar surface area (TPSA) is 58.4 Å². The van der Waals surface area contributed by atoms with Crippen molar-refractivity contribution < 1.29 is 9.59 Å². The maximum absolute atomic E-state index is 13.1. The summed E-state index contributed by atoms with van der Waals surface area (Å²) in [6, 6.07) is 10.1. The van der Waals surface area contributed by atoms with Gasteiger partial charge in [0.1, 0.15) is 0 Å². The summed E-state index contributed by atoms with van der Waals surface area (Å²) in [6.45, 7) is 5.16. The zero-order chi connectivity index (χ0) is 19.1. The highest BCUT2D eigenvalue weighted by molar-refractivity contribution is 5.84. The first-order valence-corrected chi connectivity index (χ1v) is 9.60. The maximum atomic E-state index is 13.1. The van der Waals surface area contributed by atoms with Crippen LogP contribution in [0.25, 0.3) is 5.69 Å². The lowest BCUT2D eigenvalue weighted by atomic mass is 9.95. The third-order valence-corrected chi connectivity index (χ3v) is 6.09. The normalized spacial score (nSPS) is 22.3. The molecule has 5 rings (SSSR count). The molecule has 6 heteroatoms. The average Bonchev–Trinajstić information content (AvgIpc) is 2.84. The molecule has 27 heavy (non-hydrogen) atoms. The van der Waals surface area contributed by atoms with Crippen LogP contribution in [0.1, 0.15) is 29.8 Å². The van der Waals surface area contributed by atoms with E-state index in [0.717, 1.165) is 35.5 Å². The summed E-state index contributed by atoms with van der Waals surface area (Å²) < 4.78 is 1.90. The summed E-state index contributed by atoms with van der Waals surface area (Å²) >= 11 is 0. The van der Waals surface area contributed by atoms with Crippen molar-refractivity contribution in [1.29, 1.82) is 0 Å². The first-order chi connectivity index (χ1) is 13.0. The van der Waals surface area contributed by atoms with Crippen LogP contribution in [0, 0.1) is 19.8 Å². The van der Waals surface area contributed by atoms with Crippen molar-refractivity contribution in [3.8, 4) is 5.69 Å². The molecule has 0 spiro atoms. The molecule has 3 aliphatic rings. The Balaban J connectivity index is 1.55. The van der Waals surface area contributed by atoms with E-state index in [1.165, 1.54) is 0 Å². The lowest BCUT2D eigenvalue weighted by Crippen LogP contribution is -2.45. The van der Waals surface area contributed by atoms with Crippen molar-refractivity contribution in [3.05, 3.63) is 47.3 Å². The number of aromatic nitrogens is 2. The predicted molar refractivity (Wildman–Crippen MR) is 103 cm³/mol. The van der Waals surface area contributed by atoms with Crippen molar-refractivity contribution in [2.45, 2.75) is 39.2 Å². The number of hydrogen-bond acceptors (Lipinski definition) is 3. The molecule has 3 aliphatic heterocycles. The Labute approximate surface area is 159 Å². The molecule has 2 unspecified atom stereocenters. The first kappa shape index (κ1) is 17.8. The Morgan fingerprint density at radius 1 is 1.15 bits per heavy atom. The molecule has 2 amide bonds. The minimum Gasteiger partial charge on any atom is -0.341 e. The highest BCUT2D eigenvalue weighted by Crippen LogP contribution is 2.28. The minimum absolute atomic E-state index is 0.0491. The van der Waals surface area contributed by atoms with Crippen molar-refractivity contribution in [2.24, 2.45) is 5.92 Å². The van der Waals surface area contributed by atoms with E-state index < -0.39 is 0 Å². The van der Waals surface area contributed by atoms with Crippen molar-refractivity contribution in [3.63, 3.8) is 0 Å². The van der Waals surface area contributed by atoms with Crippen LogP contribution in [-0.2, 0) is 16.0 Å². The van der Waals surface area contributed by atoms with Gasteiger partial charge in [-0.3, -0.25) is 9.59 Å². The molecule has 0 saturated carbocycles. The van der Waals surface area contributed by atoms with E-state index in [1.807, 2.05) is 65.7 Å². The Bertz CT molecular complexity index is 874. The quantitative estimate of drug-likeness (QED) is 0.836. The van der Waals surface area contributed by atoms with E-state index in [4.69, 9.17) is 0 Å². The molecule has 2 aromatic rings. The van der Waals surface area contributed by atoms with Gasteiger partial charge in [0.05, 0.1) is 23.7 Å². The number of nitrogens with zero attached hydrogens (tertiary/aromatic N) is 4. The molecule has 1 aromatic heterocycles. The zero-order valence-corrected chi connectivity index (χ0v) is 16.2. The summed E-state index contributed by atoms with van der Waals surface area (Å²) in [5, 5.41) is 4.65. The molecule has 0 N–H and O–H groups in total. The largest absolute Gasteiger partial charge is 0.341 e. The van der Waals surface area contributed by atoms with E-state index in [1.54, 1.807) is 0 Å². The van der Waals surface area contributed by atoms with Crippen LogP contribution in [0.3, 0.4) is 0 Å². The minimum atomic E-state index is -0.0491. The van der Waals surface area contributed by atoms with Gasteiger partial charge in [-0.1, -0.05) is 18.2 Å². The smallest absolute Gasteiger partial charge is 0.227 e. The molecule has 3 saturated heterocycles. The Hall–Kier alpha value is -2.63. The fourth-order valence-electron chi connectivity index (χ4n) is 4.37. The van der Waals surface area contributed by atoms with E-state index in [-0.39, 0.29) is 23.8 Å². The fourth-order valence-corrected chi connectivity index (χ4v) is 4.37. The molecule has 1 aromatic carbocycles. The Morgan fingerprint density at radius 3 is 2.63 bits per heavy atom. The number of hydrogen-bond donors (Lipinski definition) is 0. The summed E-state index contributed by atoms with van der Waals surface area (Å²) in [7, 11) is 1.87. The SMILES string of the molecule is Cc1nn(-c2ccccc2)c(C)c1CC(=O)N1CC2CCC(C1)N(C)C2=O. The van der Waals surface area contributed by atoms with Crippen LogP contribution in [0.4, 0.5) is 0 Å². The molecular weight excluding hydrogens is 340 g/mol. The van der Waals surface area contributed by atoms with Crippen molar-refractivity contribution >= 4 is 11.8 Å². The van der Waals surface area contributed by atoms with Gasteiger partial charge in [-0.25, -0.2) is 4.68 Å². The van der Waals surface area contributed by atoms with E-state index in [9.17, 15) is 9.59 Å². The number of piperidine rings is 1. The van der Waals surface area contributed by atoms with Gasteiger partial charge in [0.25, 0.3) is 0 Å². The van der Waals surface area contributed by atoms with E-state index in [0.29, 0.717) is 19.5 Å². The molecule has 2 bridgehead atoms. The van der Waals surface area contributed by atoms with Gasteiger partial charge in [-0.05, 0) is 38.8 Å². The number of fused-ring (bicyclic) bond motifs is 4. The highest BCUT2D eigenvalue weighted by atomic mass is 16.2. The molecule has 3 fully saturated rings. The summed E-state index contributed by atoms with van der Waals surface area (Å²) in [6.07, 6.45) is 2.21. The number of rotatable bonds is 3. The van der Waals surface area contributed by atoms with Crippen LogP contribution >= 0.6 is 0 Å². The second-order valence-electron chi connectivity index (χ2n) is 7.75. The van der Waals surface area contributed by atoms with Crippen molar-refractivity contribution in [2.75, 3.05) is 20.1 Å². The van der Waals surface area contributed by atoms with E-state index >= 15 is 0 Å². The lowest BCUT2D eigenvalue weighted by molar-refractivity contribution is -0.138. The molecule has 4 heterocycles. The number of benzene rings is 1. The monoisotopic (exact) mass is 366 g/mol.